The number of nitrogens with zero attached hydrogens (tertiary/aromatic N) is 6. The molecule has 5 N–H and O–H groups in total. The molecule has 2 saturated heterocycles. The topological polar surface area (TPSA) is 205 Å². The van der Waals surface area contributed by atoms with Crippen LogP contribution in [0.1, 0.15) is 49.9 Å². The average molecular weight is 1140 g/mol. The maximum atomic E-state index is 16.1. The van der Waals surface area contributed by atoms with Crippen LogP contribution in [0.3, 0.4) is 0 Å². The first-order chi connectivity index (χ1) is 37.5. The highest BCUT2D eigenvalue weighted by atomic mass is 19.4. The molecule has 28 heteroatoms. The lowest BCUT2D eigenvalue weighted by molar-refractivity contribution is -0.239. The minimum absolute atomic E-state index is 0.157. The van der Waals surface area contributed by atoms with Gasteiger partial charge in [-0.25, -0.2) is 37.1 Å². The Bertz CT molecular complexity index is 2830. The average Bonchev–Trinajstić information content (AvgIpc) is 3.84. The SMILES string of the molecule is CNC(=O)O[C@H](C(=O)N[C@@H](Cc1ccc(C#Cc2ccc(N3CCN(C4COC4)CC3)nc2)cc1)[C@@H](O)CN(Cc1c(F)cc(-c2ccn(CC(F)F)n2)cc1F)NC(=O)[C@@H](NC(=O)OC)C(C)(C)C(F)(F)F)C(C)(C)C(F)(F)F. The number of piperazine rings is 1. The highest BCUT2D eigenvalue weighted by Crippen LogP contribution is 2.43. The molecule has 0 spiro atoms. The lowest BCUT2D eigenvalue weighted by Crippen LogP contribution is -2.62. The predicted molar refractivity (Wildman–Crippen MR) is 267 cm³/mol. The fraction of sp³-hybridized carbons (Fsp3) is 0.500. The van der Waals surface area contributed by atoms with Crippen molar-refractivity contribution in [1.29, 1.82) is 0 Å². The lowest BCUT2D eigenvalue weighted by Gasteiger charge is -2.42. The Morgan fingerprint density at radius 3 is 1.99 bits per heavy atom. The number of pyridine rings is 1. The number of benzene rings is 2. The summed E-state index contributed by atoms with van der Waals surface area (Å²) in [4.78, 5) is 62.0. The normalized spacial score (nSPS) is 16.2. The molecule has 0 aliphatic carbocycles. The number of alkyl carbamates (subject to hydrolysis) is 2. The molecule has 2 aromatic heterocycles. The predicted octanol–water partition coefficient (Wildman–Crippen LogP) is 5.96. The third-order valence-electron chi connectivity index (χ3n) is 13.7. The summed E-state index contributed by atoms with van der Waals surface area (Å²) in [5, 5.41) is 22.5. The summed E-state index contributed by atoms with van der Waals surface area (Å²) in [5.74, 6) is 0.722. The van der Waals surface area contributed by atoms with Crippen LogP contribution in [0.2, 0.25) is 0 Å². The van der Waals surface area contributed by atoms with Crippen LogP contribution in [-0.2, 0) is 43.3 Å². The number of alkyl halides is 8. The number of hydrazine groups is 1. The van der Waals surface area contributed by atoms with Crippen LogP contribution < -0.4 is 26.3 Å². The third-order valence-corrected chi connectivity index (χ3v) is 13.7. The van der Waals surface area contributed by atoms with Gasteiger partial charge >= 0.3 is 24.5 Å². The van der Waals surface area contributed by atoms with Crippen molar-refractivity contribution in [1.82, 2.24) is 46.0 Å². The van der Waals surface area contributed by atoms with Gasteiger partial charge < -0.3 is 40.2 Å². The Hall–Kier alpha value is -7.22. The van der Waals surface area contributed by atoms with Gasteiger partial charge in [-0.2, -0.15) is 31.4 Å². The molecule has 436 valence electrons. The molecule has 2 fully saturated rings. The Morgan fingerprint density at radius 2 is 1.45 bits per heavy atom. The molecule has 80 heavy (non-hydrogen) atoms. The second-order valence-electron chi connectivity index (χ2n) is 20.1. The molecule has 0 radical (unpaired) electrons. The molecule has 0 unspecified atom stereocenters. The fourth-order valence-electron chi connectivity index (χ4n) is 8.39. The van der Waals surface area contributed by atoms with Crippen LogP contribution in [0.15, 0.2) is 67.0 Å². The molecule has 4 amide bonds. The first kappa shape index (κ1) is 62.0. The molecule has 2 aromatic carbocycles. The molecule has 2 aliphatic heterocycles. The van der Waals surface area contributed by atoms with E-state index in [0.29, 0.717) is 49.9 Å². The number of anilines is 1. The number of rotatable bonds is 20. The summed E-state index contributed by atoms with van der Waals surface area (Å²) in [6.45, 7) is 3.86. The number of aliphatic hydroxyl groups excluding tert-OH is 1. The second-order valence-corrected chi connectivity index (χ2v) is 20.1. The van der Waals surface area contributed by atoms with Crippen molar-refractivity contribution in [2.24, 2.45) is 10.8 Å². The van der Waals surface area contributed by atoms with E-state index in [1.54, 1.807) is 17.6 Å². The summed E-state index contributed by atoms with van der Waals surface area (Å²) < 4.78 is 161. The molecule has 18 nitrogen and oxygen atoms in total. The number of hydrogen-bond acceptors (Lipinski definition) is 13. The van der Waals surface area contributed by atoms with Gasteiger partial charge in [-0.15, -0.1) is 0 Å². The number of nitrogens with one attached hydrogen (secondary N) is 4. The van der Waals surface area contributed by atoms with Crippen LogP contribution in [0, 0.1) is 34.3 Å². The summed E-state index contributed by atoms with van der Waals surface area (Å²) in [6, 6.07) is 8.42. The van der Waals surface area contributed by atoms with Crippen molar-refractivity contribution in [2.45, 2.75) is 96.3 Å². The number of carbonyl (C=O) groups is 4. The molecule has 2 aliphatic rings. The monoisotopic (exact) mass is 1140 g/mol. The van der Waals surface area contributed by atoms with E-state index in [1.807, 2.05) is 16.8 Å². The number of halogens is 10. The molecule has 4 aromatic rings. The molecule has 6 rings (SSSR count). The van der Waals surface area contributed by atoms with Gasteiger partial charge in [0.2, 0.25) is 0 Å². The molecule has 4 atom stereocenters. The molecule has 4 heterocycles. The number of ether oxygens (including phenoxy) is 3. The van der Waals surface area contributed by atoms with E-state index in [4.69, 9.17) is 9.47 Å². The first-order valence-corrected chi connectivity index (χ1v) is 24.8. The van der Waals surface area contributed by atoms with Crippen LogP contribution in [0.25, 0.3) is 11.3 Å². The molecule has 0 saturated carbocycles. The first-order valence-electron chi connectivity index (χ1n) is 24.8. The van der Waals surface area contributed by atoms with Gasteiger partial charge in [0.1, 0.15) is 35.5 Å². The van der Waals surface area contributed by atoms with E-state index in [9.17, 15) is 59.4 Å². The third kappa shape index (κ3) is 15.6. The van der Waals surface area contributed by atoms with E-state index in [1.165, 1.54) is 30.3 Å². The van der Waals surface area contributed by atoms with Crippen molar-refractivity contribution in [3.05, 3.63) is 101 Å². The maximum absolute atomic E-state index is 16.1. The number of aliphatic hydroxyl groups is 1. The minimum Gasteiger partial charge on any atom is -0.453 e. The van der Waals surface area contributed by atoms with Crippen molar-refractivity contribution in [3.63, 3.8) is 0 Å². The Balaban J connectivity index is 1.32. The summed E-state index contributed by atoms with van der Waals surface area (Å²) in [5.41, 5.74) is -4.22. The van der Waals surface area contributed by atoms with Gasteiger partial charge in [-0.1, -0.05) is 24.0 Å². The van der Waals surface area contributed by atoms with E-state index < -0.39 is 121 Å². The standard InChI is InChI=1S/C52H60F10N10O8/c1-49(2,51(57,58)59)43(66-48(77)78-6)45(74)68-72(25-35-36(53)22-33(23-37(35)54)38-15-16-71(67-38)27-41(55)56)26-40(73)39(65-46(75)44(80-47(76)63-5)50(3,4)52(60,61)62)21-31-10-7-30(8-11-31)9-12-32-13-14-42(64-24-32)70-19-17-69(18-20-70)34-28-79-29-34/h7-8,10-11,13-16,22-24,34,39-41,43-44,73H,17-21,25-29H2,1-6H3,(H,63,76)(H,65,75)(H,66,77)(H,68,74)/t39-,40-,43+,44+/m0/s1. The van der Waals surface area contributed by atoms with E-state index in [2.05, 4.69) is 41.8 Å². The van der Waals surface area contributed by atoms with Crippen molar-refractivity contribution in [2.75, 3.05) is 65.0 Å². The van der Waals surface area contributed by atoms with Crippen molar-refractivity contribution in [3.8, 4) is 23.1 Å². The molecular weight excluding hydrogens is 1080 g/mol. The highest BCUT2D eigenvalue weighted by molar-refractivity contribution is 5.86. The van der Waals surface area contributed by atoms with E-state index in [0.717, 1.165) is 82.4 Å². The fourth-order valence-corrected chi connectivity index (χ4v) is 8.39. The van der Waals surface area contributed by atoms with Crippen molar-refractivity contribution >= 4 is 29.8 Å². The maximum Gasteiger partial charge on any atom is 0.407 e. The Morgan fingerprint density at radius 1 is 0.838 bits per heavy atom. The zero-order valence-corrected chi connectivity index (χ0v) is 44.2. The number of aromatic nitrogens is 3. The minimum atomic E-state index is -5.23. The van der Waals surface area contributed by atoms with Crippen LogP contribution in [0.4, 0.5) is 59.3 Å². The largest absolute Gasteiger partial charge is 0.453 e. The molecular formula is C52H60F10N10O8. The highest BCUT2D eigenvalue weighted by Gasteiger charge is 2.58. The second kappa shape index (κ2) is 25.9. The van der Waals surface area contributed by atoms with E-state index in [-0.39, 0.29) is 16.8 Å². The van der Waals surface area contributed by atoms with Gasteiger partial charge in [-0.05, 0) is 82.1 Å². The number of hydrogen-bond donors (Lipinski definition) is 5. The van der Waals surface area contributed by atoms with Crippen LogP contribution >= 0.6 is 0 Å². The van der Waals surface area contributed by atoms with Gasteiger partial charge in [0.25, 0.3) is 18.2 Å². The number of methoxy groups -OCH3 is 1. The molecule has 0 bridgehead atoms. The van der Waals surface area contributed by atoms with Gasteiger partial charge in [-0.3, -0.25) is 24.6 Å². The summed E-state index contributed by atoms with van der Waals surface area (Å²) in [6.07, 6.45) is -18.8. The zero-order chi connectivity index (χ0) is 58.9. The Kier molecular flexibility index (Phi) is 20.1. The van der Waals surface area contributed by atoms with Crippen LogP contribution in [-0.4, -0.2) is 163 Å². The Labute approximate surface area is 453 Å². The number of carbonyl (C=O) groups excluding carboxylic acids is 4. The smallest absolute Gasteiger partial charge is 0.407 e. The lowest BCUT2D eigenvalue weighted by atomic mass is 9.83. The van der Waals surface area contributed by atoms with Gasteiger partial charge in [0, 0.05) is 81.0 Å². The quantitative estimate of drug-likeness (QED) is 0.0395. The van der Waals surface area contributed by atoms with E-state index >= 15 is 8.78 Å². The van der Waals surface area contributed by atoms with Crippen LogP contribution in [0.5, 0.6) is 0 Å². The summed E-state index contributed by atoms with van der Waals surface area (Å²) in [7, 11) is 1.79. The number of amides is 4. The van der Waals surface area contributed by atoms with Gasteiger partial charge in [0.05, 0.1) is 49.6 Å². The zero-order valence-electron chi connectivity index (χ0n) is 44.2. The van der Waals surface area contributed by atoms with Gasteiger partial charge in [0.15, 0.2) is 6.10 Å². The summed E-state index contributed by atoms with van der Waals surface area (Å²) >= 11 is 0. The van der Waals surface area contributed by atoms with Crippen molar-refractivity contribution < 1.29 is 82.4 Å².